The molecule has 1 N–H and O–H groups in total. The number of amides is 1. The minimum Gasteiger partial charge on any atom is -0.356 e. The van der Waals surface area contributed by atoms with Gasteiger partial charge in [0.05, 0.1) is 0 Å². The van der Waals surface area contributed by atoms with Gasteiger partial charge in [0, 0.05) is 13.0 Å². The van der Waals surface area contributed by atoms with Crippen LogP contribution in [-0.4, -0.2) is 24.5 Å². The summed E-state index contributed by atoms with van der Waals surface area (Å²) in [5, 5.41) is 2.80. The van der Waals surface area contributed by atoms with E-state index in [0.717, 1.165) is 18.7 Å². The van der Waals surface area contributed by atoms with Gasteiger partial charge in [-0.05, 0) is 17.9 Å². The molecule has 0 aliphatic carbocycles. The highest BCUT2D eigenvalue weighted by Gasteiger charge is 2.19. The summed E-state index contributed by atoms with van der Waals surface area (Å²) in [5.74, 6) is 1.92. The summed E-state index contributed by atoms with van der Waals surface area (Å²) < 4.78 is 0. The third kappa shape index (κ3) is 1.90. The van der Waals surface area contributed by atoms with Crippen molar-refractivity contribution in [2.75, 3.05) is 18.6 Å². The highest BCUT2D eigenvalue weighted by molar-refractivity contribution is 7.98. The van der Waals surface area contributed by atoms with E-state index in [1.807, 2.05) is 11.8 Å². The Morgan fingerprint density at radius 1 is 1.89 bits per heavy atom. The Bertz CT molecular complexity index is 116. The lowest BCUT2D eigenvalue weighted by Crippen LogP contribution is -2.14. The Hall–Kier alpha value is -0.180. The molecule has 0 aromatic carbocycles. The van der Waals surface area contributed by atoms with Gasteiger partial charge in [-0.2, -0.15) is 11.8 Å². The van der Waals surface area contributed by atoms with Crippen molar-refractivity contribution >= 4 is 17.7 Å². The zero-order valence-electron chi connectivity index (χ0n) is 5.52. The summed E-state index contributed by atoms with van der Waals surface area (Å²) in [7, 11) is 0. The Kier molecular flexibility index (Phi) is 2.39. The Morgan fingerprint density at radius 3 is 3.11 bits per heavy atom. The van der Waals surface area contributed by atoms with Gasteiger partial charge in [0.2, 0.25) is 5.91 Å². The largest absolute Gasteiger partial charge is 0.356 e. The van der Waals surface area contributed by atoms with Gasteiger partial charge >= 0.3 is 0 Å². The summed E-state index contributed by atoms with van der Waals surface area (Å²) in [4.78, 5) is 10.6. The molecule has 2 nitrogen and oxygen atoms in total. The predicted molar refractivity (Wildman–Crippen MR) is 39.5 cm³/mol. The minimum absolute atomic E-state index is 0.217. The summed E-state index contributed by atoms with van der Waals surface area (Å²) in [6.45, 7) is 0.889. The van der Waals surface area contributed by atoms with E-state index in [0.29, 0.717) is 5.92 Å². The van der Waals surface area contributed by atoms with Gasteiger partial charge in [-0.15, -0.1) is 0 Å². The molecule has 0 aromatic rings. The van der Waals surface area contributed by atoms with Crippen molar-refractivity contribution in [2.24, 2.45) is 5.92 Å². The fourth-order valence-electron chi connectivity index (χ4n) is 1.02. The molecule has 1 atom stereocenters. The molecule has 1 amide bonds. The first-order valence-corrected chi connectivity index (χ1v) is 4.48. The molecular formula is C6H11NOS. The van der Waals surface area contributed by atoms with E-state index in [9.17, 15) is 4.79 Å². The van der Waals surface area contributed by atoms with Crippen LogP contribution >= 0.6 is 11.8 Å². The Labute approximate surface area is 59.4 Å². The van der Waals surface area contributed by atoms with Gasteiger partial charge in [-0.25, -0.2) is 0 Å². The monoisotopic (exact) mass is 145 g/mol. The van der Waals surface area contributed by atoms with Gasteiger partial charge in [-0.1, -0.05) is 0 Å². The molecule has 1 aliphatic heterocycles. The number of hydrogen-bond acceptors (Lipinski definition) is 2. The first kappa shape index (κ1) is 6.93. The molecule has 1 rings (SSSR count). The molecule has 1 fully saturated rings. The third-order valence-corrected chi connectivity index (χ3v) is 2.27. The number of carbonyl (C=O) groups is 1. The lowest BCUT2D eigenvalue weighted by atomic mass is 10.1. The van der Waals surface area contributed by atoms with Crippen LogP contribution in [0, 0.1) is 5.92 Å². The van der Waals surface area contributed by atoms with Crippen LogP contribution in [0.1, 0.15) is 6.42 Å². The first-order valence-electron chi connectivity index (χ1n) is 3.08. The van der Waals surface area contributed by atoms with Gasteiger partial charge in [0.1, 0.15) is 0 Å². The Balaban J connectivity index is 2.22. The normalized spacial score (nSPS) is 26.3. The summed E-state index contributed by atoms with van der Waals surface area (Å²) >= 11 is 1.81. The Morgan fingerprint density at radius 2 is 2.67 bits per heavy atom. The number of rotatable bonds is 2. The van der Waals surface area contributed by atoms with Gasteiger partial charge < -0.3 is 5.32 Å². The number of nitrogens with one attached hydrogen (secondary N) is 1. The molecule has 3 heteroatoms. The van der Waals surface area contributed by atoms with Crippen molar-refractivity contribution < 1.29 is 4.79 Å². The van der Waals surface area contributed by atoms with Crippen LogP contribution in [-0.2, 0) is 4.79 Å². The molecule has 0 aromatic heterocycles. The molecular weight excluding hydrogens is 134 g/mol. The lowest BCUT2D eigenvalue weighted by molar-refractivity contribution is -0.119. The topological polar surface area (TPSA) is 29.1 Å². The lowest BCUT2D eigenvalue weighted by Gasteiger charge is -2.00. The number of hydrogen-bond donors (Lipinski definition) is 1. The molecule has 1 unspecified atom stereocenters. The maximum absolute atomic E-state index is 10.6. The van der Waals surface area contributed by atoms with Crippen molar-refractivity contribution in [3.63, 3.8) is 0 Å². The van der Waals surface area contributed by atoms with E-state index in [2.05, 4.69) is 11.6 Å². The van der Waals surface area contributed by atoms with E-state index in [1.54, 1.807) is 0 Å². The third-order valence-electron chi connectivity index (χ3n) is 1.46. The molecule has 0 radical (unpaired) electrons. The van der Waals surface area contributed by atoms with E-state index in [1.165, 1.54) is 0 Å². The van der Waals surface area contributed by atoms with Crippen molar-refractivity contribution in [1.29, 1.82) is 0 Å². The molecule has 0 saturated carbocycles. The highest BCUT2D eigenvalue weighted by atomic mass is 32.2. The zero-order valence-corrected chi connectivity index (χ0v) is 6.33. The maximum atomic E-state index is 10.6. The molecule has 1 heterocycles. The molecule has 9 heavy (non-hydrogen) atoms. The van der Waals surface area contributed by atoms with Crippen LogP contribution in [0.15, 0.2) is 0 Å². The second-order valence-corrected chi connectivity index (χ2v) is 3.24. The van der Waals surface area contributed by atoms with Crippen molar-refractivity contribution in [2.45, 2.75) is 6.42 Å². The molecule has 0 spiro atoms. The first-order chi connectivity index (χ1) is 4.33. The van der Waals surface area contributed by atoms with Crippen molar-refractivity contribution in [3.8, 4) is 0 Å². The predicted octanol–water partition coefficient (Wildman–Crippen LogP) is 0.485. The zero-order chi connectivity index (χ0) is 6.69. The van der Waals surface area contributed by atoms with Crippen LogP contribution < -0.4 is 5.32 Å². The fourth-order valence-corrected chi connectivity index (χ4v) is 1.73. The van der Waals surface area contributed by atoms with E-state index >= 15 is 0 Å². The van der Waals surface area contributed by atoms with Crippen LogP contribution in [0.3, 0.4) is 0 Å². The summed E-state index contributed by atoms with van der Waals surface area (Å²) in [5.41, 5.74) is 0. The summed E-state index contributed by atoms with van der Waals surface area (Å²) in [6, 6.07) is 0. The smallest absolute Gasteiger partial charge is 0.220 e. The number of thioether (sulfide) groups is 1. The average molecular weight is 145 g/mol. The quantitative estimate of drug-likeness (QED) is 0.612. The second-order valence-electron chi connectivity index (χ2n) is 2.33. The molecule has 1 saturated heterocycles. The van der Waals surface area contributed by atoms with Gasteiger partial charge in [0.25, 0.3) is 0 Å². The van der Waals surface area contributed by atoms with E-state index in [-0.39, 0.29) is 5.91 Å². The fraction of sp³-hybridized carbons (Fsp3) is 0.833. The molecule has 52 valence electrons. The minimum atomic E-state index is 0.217. The molecule has 1 aliphatic rings. The number of carbonyl (C=O) groups excluding carboxylic acids is 1. The molecule has 0 bridgehead atoms. The van der Waals surface area contributed by atoms with Gasteiger partial charge in [-0.3, -0.25) is 4.79 Å². The van der Waals surface area contributed by atoms with Crippen LogP contribution in [0.2, 0.25) is 0 Å². The van der Waals surface area contributed by atoms with E-state index in [4.69, 9.17) is 0 Å². The SMILES string of the molecule is CSCC1CNC(=O)C1. The van der Waals surface area contributed by atoms with Crippen molar-refractivity contribution in [1.82, 2.24) is 5.32 Å². The van der Waals surface area contributed by atoms with Crippen LogP contribution in [0.25, 0.3) is 0 Å². The second kappa shape index (κ2) is 3.11. The summed E-state index contributed by atoms with van der Waals surface area (Å²) in [6.07, 6.45) is 2.81. The van der Waals surface area contributed by atoms with Gasteiger partial charge in [0.15, 0.2) is 0 Å². The standard InChI is InChI=1S/C6H11NOS/c1-9-4-5-2-6(8)7-3-5/h5H,2-4H2,1H3,(H,7,8). The highest BCUT2D eigenvalue weighted by Crippen LogP contribution is 2.12. The average Bonchev–Trinajstić information content (AvgIpc) is 2.17. The van der Waals surface area contributed by atoms with E-state index < -0.39 is 0 Å². The van der Waals surface area contributed by atoms with Crippen molar-refractivity contribution in [3.05, 3.63) is 0 Å². The van der Waals surface area contributed by atoms with Crippen LogP contribution in [0.4, 0.5) is 0 Å². The maximum Gasteiger partial charge on any atom is 0.220 e. The van der Waals surface area contributed by atoms with Crippen LogP contribution in [0.5, 0.6) is 0 Å².